The van der Waals surface area contributed by atoms with E-state index in [0.29, 0.717) is 24.0 Å². The lowest BCUT2D eigenvalue weighted by Crippen LogP contribution is -2.17. The molecule has 2 heterocycles. The van der Waals surface area contributed by atoms with Crippen LogP contribution in [-0.4, -0.2) is 38.5 Å². The minimum Gasteiger partial charge on any atom is -0.369 e. The van der Waals surface area contributed by atoms with Gasteiger partial charge in [-0.15, -0.1) is 0 Å². The van der Waals surface area contributed by atoms with Gasteiger partial charge in [-0.1, -0.05) is 6.07 Å². The molecule has 10 heteroatoms. The Morgan fingerprint density at radius 1 is 1.27 bits per heavy atom. The summed E-state index contributed by atoms with van der Waals surface area (Å²) in [7, 11) is 0. The summed E-state index contributed by atoms with van der Waals surface area (Å²) in [4.78, 5) is 17.9. The van der Waals surface area contributed by atoms with Crippen LogP contribution in [0.15, 0.2) is 42.7 Å². The number of nitriles is 1. The van der Waals surface area contributed by atoms with Gasteiger partial charge in [0.1, 0.15) is 17.7 Å². The number of carbonyl (C=O) groups is 1. The lowest BCUT2D eigenvalue weighted by atomic mass is 10.1. The van der Waals surface area contributed by atoms with E-state index in [1.807, 2.05) is 24.3 Å². The third kappa shape index (κ3) is 4.21. The fourth-order valence-corrected chi connectivity index (χ4v) is 3.19. The summed E-state index contributed by atoms with van der Waals surface area (Å²) in [5.41, 5.74) is 13.2. The number of aromatic nitrogens is 4. The number of amides is 1. The van der Waals surface area contributed by atoms with Crippen molar-refractivity contribution in [3.05, 3.63) is 53.9 Å². The maximum absolute atomic E-state index is 12.0. The van der Waals surface area contributed by atoms with Gasteiger partial charge in [-0.05, 0) is 43.0 Å². The van der Waals surface area contributed by atoms with Crippen LogP contribution in [0.25, 0.3) is 5.69 Å². The van der Waals surface area contributed by atoms with E-state index < -0.39 is 5.91 Å². The van der Waals surface area contributed by atoms with E-state index >= 15 is 0 Å². The molecule has 152 valence electrons. The third-order valence-corrected chi connectivity index (χ3v) is 4.95. The van der Waals surface area contributed by atoms with Crippen molar-refractivity contribution in [2.75, 3.05) is 17.2 Å². The lowest BCUT2D eigenvalue weighted by Gasteiger charge is -2.14. The van der Waals surface area contributed by atoms with Crippen molar-refractivity contribution >= 4 is 23.2 Å². The predicted octanol–water partition coefficient (Wildman–Crippen LogP) is 1.53. The molecule has 0 radical (unpaired) electrons. The van der Waals surface area contributed by atoms with Gasteiger partial charge in [-0.3, -0.25) is 4.79 Å². The predicted molar refractivity (Wildman–Crippen MR) is 111 cm³/mol. The lowest BCUT2D eigenvalue weighted by molar-refractivity contribution is 0.100. The van der Waals surface area contributed by atoms with Gasteiger partial charge in [0.05, 0.1) is 29.2 Å². The van der Waals surface area contributed by atoms with Gasteiger partial charge in [0, 0.05) is 18.3 Å². The molecule has 0 spiro atoms. The Balaban J connectivity index is 1.60. The van der Waals surface area contributed by atoms with E-state index in [9.17, 15) is 10.1 Å². The molecule has 1 fully saturated rings. The first-order valence-corrected chi connectivity index (χ1v) is 9.53. The van der Waals surface area contributed by atoms with Crippen LogP contribution < -0.4 is 22.1 Å². The summed E-state index contributed by atoms with van der Waals surface area (Å²) in [6.07, 6.45) is 5.09. The Labute approximate surface area is 172 Å². The zero-order chi connectivity index (χ0) is 21.1. The van der Waals surface area contributed by atoms with Crippen LogP contribution >= 0.6 is 0 Å². The monoisotopic (exact) mass is 403 g/mol. The highest BCUT2D eigenvalue weighted by Crippen LogP contribution is 2.31. The number of hydrogen-bond acceptors (Lipinski definition) is 8. The molecule has 2 aromatic heterocycles. The van der Waals surface area contributed by atoms with Gasteiger partial charge in [0.25, 0.3) is 5.91 Å². The summed E-state index contributed by atoms with van der Waals surface area (Å²) >= 11 is 0. The number of rotatable bonds is 8. The second-order valence-corrected chi connectivity index (χ2v) is 7.13. The molecule has 10 nitrogen and oxygen atoms in total. The molecule has 1 aliphatic rings. The second-order valence-electron chi connectivity index (χ2n) is 7.13. The molecule has 30 heavy (non-hydrogen) atoms. The van der Waals surface area contributed by atoms with E-state index in [1.54, 1.807) is 12.4 Å². The van der Waals surface area contributed by atoms with Gasteiger partial charge in [-0.25, -0.2) is 4.98 Å². The second kappa shape index (κ2) is 8.18. The molecular formula is C20H21N9O. The average Bonchev–Trinajstić information content (AvgIpc) is 3.19. The number of carbonyl (C=O) groups excluding carboxylic acids is 1. The molecule has 2 unspecified atom stereocenters. The highest BCUT2D eigenvalue weighted by atomic mass is 16.1. The Kier molecular flexibility index (Phi) is 5.28. The van der Waals surface area contributed by atoms with E-state index in [1.165, 1.54) is 10.9 Å². The summed E-state index contributed by atoms with van der Waals surface area (Å²) in [6, 6.07) is 11.1. The number of benzene rings is 1. The highest BCUT2D eigenvalue weighted by molar-refractivity contribution is 5.99. The summed E-state index contributed by atoms with van der Waals surface area (Å²) in [6.45, 7) is 0.635. The number of nitrogens with two attached hydrogens (primary N) is 2. The van der Waals surface area contributed by atoms with Crippen molar-refractivity contribution in [1.29, 1.82) is 5.26 Å². The molecule has 3 aromatic rings. The van der Waals surface area contributed by atoms with E-state index in [4.69, 9.17) is 11.5 Å². The topological polar surface area (TPSA) is 161 Å². The minimum absolute atomic E-state index is 0.129. The molecule has 1 aromatic carbocycles. The van der Waals surface area contributed by atoms with Crippen molar-refractivity contribution in [2.45, 2.75) is 18.9 Å². The van der Waals surface area contributed by atoms with Gasteiger partial charge in [0.15, 0.2) is 0 Å². The van der Waals surface area contributed by atoms with Crippen LogP contribution in [0.1, 0.15) is 28.8 Å². The first-order chi connectivity index (χ1) is 14.5. The summed E-state index contributed by atoms with van der Waals surface area (Å²) in [5, 5.41) is 24.0. The Hall–Kier alpha value is -3.97. The van der Waals surface area contributed by atoms with Crippen LogP contribution in [0.5, 0.6) is 0 Å². The van der Waals surface area contributed by atoms with E-state index in [2.05, 4.69) is 31.9 Å². The van der Waals surface area contributed by atoms with Crippen molar-refractivity contribution in [2.24, 2.45) is 17.4 Å². The SMILES string of the molecule is N#Cc1cc(C(N)=O)c(Nc2cccc(-n3nccn3)c2)nc1NCCC1CC1N. The first-order valence-electron chi connectivity index (χ1n) is 9.53. The van der Waals surface area contributed by atoms with Gasteiger partial charge >= 0.3 is 0 Å². The summed E-state index contributed by atoms with van der Waals surface area (Å²) < 4.78 is 0. The molecule has 0 bridgehead atoms. The standard InChI is InChI=1S/C20H21N9O/c21-11-13-8-16(18(23)30)20(28-19(13)24-5-4-12-9-17(12)22)27-14-2-1-3-15(10-14)29-25-6-7-26-29/h1-3,6-8,10,12,17H,4-5,9,22H2,(H2,23,30)(H2,24,27,28). The normalized spacial score (nSPS) is 17.2. The van der Waals surface area contributed by atoms with Crippen molar-refractivity contribution in [1.82, 2.24) is 20.0 Å². The number of primary amides is 1. The zero-order valence-corrected chi connectivity index (χ0v) is 16.1. The molecule has 0 saturated heterocycles. The smallest absolute Gasteiger partial charge is 0.252 e. The number of nitrogens with one attached hydrogen (secondary N) is 2. The quantitative estimate of drug-likeness (QED) is 0.440. The Morgan fingerprint density at radius 3 is 2.70 bits per heavy atom. The molecule has 4 rings (SSSR count). The van der Waals surface area contributed by atoms with E-state index in [-0.39, 0.29) is 23.0 Å². The molecule has 6 N–H and O–H groups in total. The Bertz CT molecular complexity index is 1100. The van der Waals surface area contributed by atoms with Crippen molar-refractivity contribution in [3.8, 4) is 11.8 Å². The van der Waals surface area contributed by atoms with Gasteiger partial charge in [-0.2, -0.15) is 20.3 Å². The maximum Gasteiger partial charge on any atom is 0.252 e. The molecule has 2 atom stereocenters. The number of pyridine rings is 1. The highest BCUT2D eigenvalue weighted by Gasteiger charge is 2.32. The van der Waals surface area contributed by atoms with E-state index in [0.717, 1.165) is 18.5 Å². The first kappa shape index (κ1) is 19.4. The minimum atomic E-state index is -0.679. The molecule has 0 aliphatic heterocycles. The van der Waals surface area contributed by atoms with Crippen LogP contribution in [-0.2, 0) is 0 Å². The fourth-order valence-electron chi connectivity index (χ4n) is 3.19. The van der Waals surface area contributed by atoms with Crippen LogP contribution in [0.2, 0.25) is 0 Å². The molecule has 1 aliphatic carbocycles. The summed E-state index contributed by atoms with van der Waals surface area (Å²) in [5.74, 6) is 0.480. The largest absolute Gasteiger partial charge is 0.369 e. The maximum atomic E-state index is 12.0. The van der Waals surface area contributed by atoms with Gasteiger partial charge in [0.2, 0.25) is 0 Å². The molecule has 1 amide bonds. The van der Waals surface area contributed by atoms with Gasteiger partial charge < -0.3 is 22.1 Å². The van der Waals surface area contributed by atoms with Crippen molar-refractivity contribution < 1.29 is 4.79 Å². The average molecular weight is 403 g/mol. The Morgan fingerprint density at radius 2 is 2.03 bits per heavy atom. The number of anilines is 3. The van der Waals surface area contributed by atoms with Crippen LogP contribution in [0.4, 0.5) is 17.3 Å². The van der Waals surface area contributed by atoms with Crippen LogP contribution in [0, 0.1) is 17.2 Å². The fraction of sp³-hybridized carbons (Fsp3) is 0.250. The van der Waals surface area contributed by atoms with Crippen molar-refractivity contribution in [3.63, 3.8) is 0 Å². The molecule has 1 saturated carbocycles. The number of hydrogen-bond donors (Lipinski definition) is 4. The van der Waals surface area contributed by atoms with Crippen LogP contribution in [0.3, 0.4) is 0 Å². The number of nitrogens with zero attached hydrogens (tertiary/aromatic N) is 5. The molecular weight excluding hydrogens is 382 g/mol. The third-order valence-electron chi connectivity index (χ3n) is 4.95. The zero-order valence-electron chi connectivity index (χ0n) is 16.1.